The number of esters is 2. The van der Waals surface area contributed by atoms with Gasteiger partial charge in [0.15, 0.2) is 11.5 Å². The molecule has 290 valence electrons. The molecule has 54 heavy (non-hydrogen) atoms. The SMILES string of the molecule is COc1cc(OC(=O)c2ccc(OCCCCOCC3CCC4OC4C3)cc2)ccc1OC(=O)c1ccc(OCCCCOCC2CCC3OC3C2)cc1. The van der Waals surface area contributed by atoms with Gasteiger partial charge in [-0.1, -0.05) is 0 Å². The molecule has 4 fully saturated rings. The Labute approximate surface area is 317 Å². The van der Waals surface area contributed by atoms with Crippen LogP contribution in [-0.2, 0) is 18.9 Å². The summed E-state index contributed by atoms with van der Waals surface area (Å²) in [5, 5.41) is 0. The monoisotopic (exact) mass is 744 g/mol. The van der Waals surface area contributed by atoms with E-state index in [1.165, 1.54) is 44.9 Å². The molecule has 0 N–H and O–H groups in total. The number of rotatable bonds is 21. The molecule has 2 aliphatic heterocycles. The van der Waals surface area contributed by atoms with E-state index in [2.05, 4.69) is 0 Å². The molecule has 0 aromatic heterocycles. The molecule has 0 amide bonds. The second kappa shape index (κ2) is 18.9. The molecular weight excluding hydrogens is 692 g/mol. The fraction of sp³-hybridized carbons (Fsp3) is 0.535. The van der Waals surface area contributed by atoms with Gasteiger partial charge in [0.2, 0.25) is 0 Å². The lowest BCUT2D eigenvalue weighted by Crippen LogP contribution is -2.18. The first-order chi connectivity index (χ1) is 26.5. The van der Waals surface area contributed by atoms with E-state index in [1.807, 2.05) is 0 Å². The zero-order valence-electron chi connectivity index (χ0n) is 31.1. The van der Waals surface area contributed by atoms with E-state index in [4.69, 9.17) is 42.6 Å². The fourth-order valence-electron chi connectivity index (χ4n) is 7.26. The van der Waals surface area contributed by atoms with Crippen LogP contribution in [0.5, 0.6) is 28.7 Å². The van der Waals surface area contributed by atoms with E-state index in [-0.39, 0.29) is 17.2 Å². The number of ether oxygens (including phenoxy) is 9. The molecule has 4 aliphatic rings. The Bertz CT molecular complexity index is 1660. The molecule has 2 aliphatic carbocycles. The van der Waals surface area contributed by atoms with Gasteiger partial charge in [-0.3, -0.25) is 0 Å². The summed E-state index contributed by atoms with van der Waals surface area (Å²) in [6.07, 6.45) is 12.7. The molecule has 2 saturated carbocycles. The van der Waals surface area contributed by atoms with Crippen molar-refractivity contribution in [2.75, 3.05) is 46.8 Å². The third-order valence-corrected chi connectivity index (χ3v) is 10.6. The average molecular weight is 745 g/mol. The van der Waals surface area contributed by atoms with Crippen molar-refractivity contribution in [1.82, 2.24) is 0 Å². The summed E-state index contributed by atoms with van der Waals surface area (Å²) in [5.41, 5.74) is 0.729. The van der Waals surface area contributed by atoms with Crippen LogP contribution in [0.25, 0.3) is 0 Å². The quantitative estimate of drug-likeness (QED) is 0.0463. The van der Waals surface area contributed by atoms with Crippen molar-refractivity contribution in [2.24, 2.45) is 11.8 Å². The normalized spacial score (nSPS) is 23.7. The minimum atomic E-state index is -0.555. The van der Waals surface area contributed by atoms with Crippen LogP contribution < -0.4 is 23.7 Å². The zero-order chi connectivity index (χ0) is 37.1. The summed E-state index contributed by atoms with van der Waals surface area (Å²) in [4.78, 5) is 25.8. The zero-order valence-corrected chi connectivity index (χ0v) is 31.1. The van der Waals surface area contributed by atoms with Crippen LogP contribution in [0.15, 0.2) is 66.7 Å². The van der Waals surface area contributed by atoms with Crippen molar-refractivity contribution in [1.29, 1.82) is 0 Å². The number of carbonyl (C=O) groups is 2. The highest BCUT2D eigenvalue weighted by Crippen LogP contribution is 2.40. The third kappa shape index (κ3) is 11.2. The highest BCUT2D eigenvalue weighted by atomic mass is 16.6. The average Bonchev–Trinajstić information content (AvgIpc) is 4.13. The molecule has 6 atom stereocenters. The lowest BCUT2D eigenvalue weighted by molar-refractivity contribution is 0.0715. The minimum Gasteiger partial charge on any atom is -0.494 e. The number of epoxide rings is 2. The highest BCUT2D eigenvalue weighted by molar-refractivity contribution is 5.92. The standard InChI is InChI=1S/C43H52O11/c1-46-39-26-35(51-42(44)31-8-12-33(13-9-31)49-22-4-2-20-47-27-29-6-17-37-40(24-29)52-37)16-19-36(39)54-43(45)32-10-14-34(15-11-32)50-23-5-3-21-48-28-30-7-18-38-41(25-30)53-38/h8-16,19,26,29-30,37-38,40-41H,2-7,17-18,20-25,27-28H2,1H3. The van der Waals surface area contributed by atoms with Crippen LogP contribution in [0, 0.1) is 11.8 Å². The van der Waals surface area contributed by atoms with Gasteiger partial charge in [-0.05, 0) is 137 Å². The summed E-state index contributed by atoms with van der Waals surface area (Å²) in [5.74, 6) is 2.20. The second-order valence-electron chi connectivity index (χ2n) is 14.7. The first kappa shape index (κ1) is 38.1. The molecule has 0 bridgehead atoms. The predicted molar refractivity (Wildman–Crippen MR) is 199 cm³/mol. The van der Waals surface area contributed by atoms with Gasteiger partial charge in [-0.2, -0.15) is 0 Å². The molecule has 3 aromatic rings. The summed E-state index contributed by atoms with van der Waals surface area (Å²) in [6.45, 7) is 4.22. The summed E-state index contributed by atoms with van der Waals surface area (Å²) >= 11 is 0. The van der Waals surface area contributed by atoms with Gasteiger partial charge >= 0.3 is 11.9 Å². The summed E-state index contributed by atoms with van der Waals surface area (Å²) < 4.78 is 51.2. The van der Waals surface area contributed by atoms with Crippen molar-refractivity contribution < 1.29 is 52.2 Å². The molecule has 2 heterocycles. The fourth-order valence-corrected chi connectivity index (χ4v) is 7.26. The van der Waals surface area contributed by atoms with Crippen molar-refractivity contribution in [3.05, 3.63) is 77.9 Å². The number of benzene rings is 3. The Morgan fingerprint density at radius 1 is 0.556 bits per heavy atom. The van der Waals surface area contributed by atoms with E-state index in [0.717, 1.165) is 65.0 Å². The molecular formula is C43H52O11. The van der Waals surface area contributed by atoms with E-state index in [9.17, 15) is 9.59 Å². The van der Waals surface area contributed by atoms with Gasteiger partial charge in [-0.15, -0.1) is 0 Å². The Kier molecular flexibility index (Phi) is 13.4. The summed E-state index contributed by atoms with van der Waals surface area (Å²) in [7, 11) is 1.45. The molecule has 7 rings (SSSR count). The predicted octanol–water partition coefficient (Wildman–Crippen LogP) is 7.62. The van der Waals surface area contributed by atoms with Crippen LogP contribution >= 0.6 is 0 Å². The molecule has 3 aromatic carbocycles. The number of hydrogen-bond acceptors (Lipinski definition) is 11. The van der Waals surface area contributed by atoms with Crippen molar-refractivity contribution >= 4 is 11.9 Å². The van der Waals surface area contributed by atoms with Crippen LogP contribution in [0.1, 0.15) is 84.9 Å². The molecule has 11 heteroatoms. The number of unbranched alkanes of at least 4 members (excludes halogenated alkanes) is 2. The van der Waals surface area contributed by atoms with Crippen LogP contribution in [0.3, 0.4) is 0 Å². The van der Waals surface area contributed by atoms with Crippen LogP contribution in [-0.4, -0.2) is 83.1 Å². The lowest BCUT2D eigenvalue weighted by Gasteiger charge is -2.18. The minimum absolute atomic E-state index is 0.196. The third-order valence-electron chi connectivity index (χ3n) is 10.6. The maximum atomic E-state index is 12.9. The second-order valence-corrected chi connectivity index (χ2v) is 14.7. The molecule has 0 spiro atoms. The maximum Gasteiger partial charge on any atom is 0.343 e. The Hall–Kier alpha value is -4.16. The molecule has 11 nitrogen and oxygen atoms in total. The van der Waals surface area contributed by atoms with E-state index in [0.29, 0.717) is 72.1 Å². The van der Waals surface area contributed by atoms with E-state index >= 15 is 0 Å². The van der Waals surface area contributed by atoms with E-state index < -0.39 is 11.9 Å². The van der Waals surface area contributed by atoms with Gasteiger partial charge < -0.3 is 42.6 Å². The number of hydrogen-bond donors (Lipinski definition) is 0. The van der Waals surface area contributed by atoms with E-state index in [1.54, 1.807) is 54.6 Å². The van der Waals surface area contributed by atoms with Gasteiger partial charge in [-0.25, -0.2) is 9.59 Å². The van der Waals surface area contributed by atoms with Gasteiger partial charge in [0.05, 0.1) is 55.9 Å². The molecule has 0 radical (unpaired) electrons. The molecule has 2 saturated heterocycles. The highest BCUT2D eigenvalue weighted by Gasteiger charge is 2.44. The first-order valence-corrected chi connectivity index (χ1v) is 19.6. The van der Waals surface area contributed by atoms with Crippen LogP contribution in [0.4, 0.5) is 0 Å². The Balaban J connectivity index is 0.768. The van der Waals surface area contributed by atoms with Crippen molar-refractivity contribution in [3.63, 3.8) is 0 Å². The largest absolute Gasteiger partial charge is 0.494 e. The number of fused-ring (bicyclic) bond motifs is 2. The topological polar surface area (TPSA) is 124 Å². The van der Waals surface area contributed by atoms with Crippen molar-refractivity contribution in [2.45, 2.75) is 88.6 Å². The number of methoxy groups -OCH3 is 1. The maximum absolute atomic E-state index is 12.9. The molecule has 6 unspecified atom stereocenters. The van der Waals surface area contributed by atoms with Crippen LogP contribution in [0.2, 0.25) is 0 Å². The Morgan fingerprint density at radius 3 is 1.54 bits per heavy atom. The lowest BCUT2D eigenvalue weighted by atomic mass is 9.90. The Morgan fingerprint density at radius 2 is 1.04 bits per heavy atom. The number of carbonyl (C=O) groups excluding carboxylic acids is 2. The first-order valence-electron chi connectivity index (χ1n) is 19.6. The van der Waals surface area contributed by atoms with Crippen molar-refractivity contribution in [3.8, 4) is 28.7 Å². The van der Waals surface area contributed by atoms with Gasteiger partial charge in [0.1, 0.15) is 17.2 Å². The van der Waals surface area contributed by atoms with Gasteiger partial charge in [0.25, 0.3) is 0 Å². The summed E-state index contributed by atoms with van der Waals surface area (Å²) in [6, 6.07) is 18.2. The smallest absolute Gasteiger partial charge is 0.343 e. The van der Waals surface area contributed by atoms with Gasteiger partial charge in [0, 0.05) is 32.5 Å².